The second-order valence-corrected chi connectivity index (χ2v) is 7.39. The molecule has 2 aromatic carbocycles. The molecule has 0 aliphatic heterocycles. The largest absolute Gasteiger partial charge is 0.452 e. The van der Waals surface area contributed by atoms with Gasteiger partial charge in [0, 0.05) is 24.7 Å². The van der Waals surface area contributed by atoms with Crippen LogP contribution in [-0.2, 0) is 16.1 Å². The number of rotatable bonds is 9. The van der Waals surface area contributed by atoms with Crippen LogP contribution in [0.5, 0.6) is 0 Å². The first-order chi connectivity index (χ1) is 14.2. The van der Waals surface area contributed by atoms with E-state index in [2.05, 4.69) is 5.32 Å². The Morgan fingerprint density at radius 3 is 2.27 bits per heavy atom. The Morgan fingerprint density at radius 1 is 1.07 bits per heavy atom. The smallest absolute Gasteiger partial charge is 0.338 e. The molecule has 0 radical (unpaired) electrons. The number of ether oxygens (including phenoxy) is 1. The topological polar surface area (TPSA) is 102 Å². The molecular formula is C22H27N3O5. The molecule has 1 N–H and O–H groups in total. The summed E-state index contributed by atoms with van der Waals surface area (Å²) < 4.78 is 5.10. The van der Waals surface area contributed by atoms with Crippen molar-refractivity contribution in [2.75, 3.05) is 11.9 Å². The van der Waals surface area contributed by atoms with Crippen molar-refractivity contribution < 1.29 is 19.2 Å². The number of anilines is 1. The van der Waals surface area contributed by atoms with Gasteiger partial charge in [-0.3, -0.25) is 14.9 Å². The van der Waals surface area contributed by atoms with E-state index in [9.17, 15) is 19.7 Å². The van der Waals surface area contributed by atoms with Crippen LogP contribution in [0.3, 0.4) is 0 Å². The maximum absolute atomic E-state index is 12.3. The molecule has 0 fully saturated rings. The van der Waals surface area contributed by atoms with Crippen LogP contribution in [0.2, 0.25) is 0 Å². The summed E-state index contributed by atoms with van der Waals surface area (Å²) in [4.78, 5) is 37.2. The molecular weight excluding hydrogens is 386 g/mol. The first-order valence-electron chi connectivity index (χ1n) is 9.75. The number of esters is 1. The standard InChI is InChI=1S/C22H27N3O5/c1-15(2)24(16(3)4)21(26)14-30-22(27)18-10-11-19(20(12-18)25(28)29)23-13-17-8-6-5-7-9-17/h5-12,15-16,23H,13-14H2,1-4H3. The van der Waals surface area contributed by atoms with E-state index < -0.39 is 17.5 Å². The lowest BCUT2D eigenvalue weighted by molar-refractivity contribution is -0.384. The molecule has 0 aliphatic rings. The third-order valence-electron chi connectivity index (χ3n) is 4.48. The van der Waals surface area contributed by atoms with Crippen molar-refractivity contribution >= 4 is 23.3 Å². The van der Waals surface area contributed by atoms with E-state index in [0.717, 1.165) is 11.6 Å². The van der Waals surface area contributed by atoms with Crippen LogP contribution in [0.25, 0.3) is 0 Å². The van der Waals surface area contributed by atoms with Gasteiger partial charge in [0.2, 0.25) is 0 Å². The molecule has 0 atom stereocenters. The van der Waals surface area contributed by atoms with Gasteiger partial charge in [-0.05, 0) is 45.4 Å². The second-order valence-electron chi connectivity index (χ2n) is 7.39. The van der Waals surface area contributed by atoms with E-state index in [1.807, 2.05) is 58.0 Å². The molecule has 0 spiro atoms. The monoisotopic (exact) mass is 413 g/mol. The molecule has 160 valence electrons. The molecule has 0 heterocycles. The normalized spacial score (nSPS) is 10.7. The summed E-state index contributed by atoms with van der Waals surface area (Å²) in [6.45, 7) is 7.50. The molecule has 2 rings (SSSR count). The zero-order chi connectivity index (χ0) is 22.3. The first kappa shape index (κ1) is 22.9. The van der Waals surface area contributed by atoms with Crippen LogP contribution < -0.4 is 5.32 Å². The highest BCUT2D eigenvalue weighted by Gasteiger charge is 2.23. The van der Waals surface area contributed by atoms with Gasteiger partial charge in [0.05, 0.1) is 10.5 Å². The fourth-order valence-electron chi connectivity index (χ4n) is 3.21. The summed E-state index contributed by atoms with van der Waals surface area (Å²) in [7, 11) is 0. The third kappa shape index (κ3) is 6.04. The van der Waals surface area contributed by atoms with Gasteiger partial charge in [0.1, 0.15) is 5.69 Å². The lowest BCUT2D eigenvalue weighted by atomic mass is 10.1. The van der Waals surface area contributed by atoms with Gasteiger partial charge in [0.15, 0.2) is 6.61 Å². The van der Waals surface area contributed by atoms with Crippen LogP contribution in [0, 0.1) is 10.1 Å². The van der Waals surface area contributed by atoms with Crippen LogP contribution >= 0.6 is 0 Å². The SMILES string of the molecule is CC(C)N(C(=O)COC(=O)c1ccc(NCc2ccccc2)c([N+](=O)[O-])c1)C(C)C. The zero-order valence-electron chi connectivity index (χ0n) is 17.6. The quantitative estimate of drug-likeness (QED) is 0.379. The minimum atomic E-state index is -0.784. The lowest BCUT2D eigenvalue weighted by Crippen LogP contribution is -2.44. The number of hydrogen-bond donors (Lipinski definition) is 1. The van der Waals surface area contributed by atoms with Crippen molar-refractivity contribution in [3.8, 4) is 0 Å². The number of carbonyl (C=O) groups is 2. The van der Waals surface area contributed by atoms with Gasteiger partial charge >= 0.3 is 5.97 Å². The molecule has 2 aromatic rings. The molecule has 0 unspecified atom stereocenters. The van der Waals surface area contributed by atoms with Crippen LogP contribution in [0.4, 0.5) is 11.4 Å². The summed E-state index contributed by atoms with van der Waals surface area (Å²) in [5.41, 5.74) is 1.04. The predicted octanol–water partition coefficient (Wildman–Crippen LogP) is 4.01. The zero-order valence-corrected chi connectivity index (χ0v) is 17.6. The number of nitrogens with one attached hydrogen (secondary N) is 1. The number of hydrogen-bond acceptors (Lipinski definition) is 6. The van der Waals surface area contributed by atoms with Gasteiger partial charge in [0.25, 0.3) is 11.6 Å². The molecule has 8 nitrogen and oxygen atoms in total. The van der Waals surface area contributed by atoms with E-state index in [4.69, 9.17) is 4.74 Å². The Balaban J connectivity index is 2.08. The Morgan fingerprint density at radius 2 is 1.70 bits per heavy atom. The summed E-state index contributed by atoms with van der Waals surface area (Å²) in [5.74, 6) is -1.10. The van der Waals surface area contributed by atoms with Crippen molar-refractivity contribution in [2.45, 2.75) is 46.3 Å². The molecule has 30 heavy (non-hydrogen) atoms. The van der Waals surface area contributed by atoms with Crippen molar-refractivity contribution in [1.29, 1.82) is 0 Å². The Labute approximate surface area is 176 Å². The Kier molecular flexibility index (Phi) is 7.91. The van der Waals surface area contributed by atoms with Gasteiger partial charge in [-0.15, -0.1) is 0 Å². The Bertz CT molecular complexity index is 889. The molecule has 0 bridgehead atoms. The Hall–Kier alpha value is -3.42. The number of amides is 1. The summed E-state index contributed by atoms with van der Waals surface area (Å²) >= 11 is 0. The molecule has 0 saturated carbocycles. The fraction of sp³-hybridized carbons (Fsp3) is 0.364. The summed E-state index contributed by atoms with van der Waals surface area (Å²) in [6, 6.07) is 13.4. The highest BCUT2D eigenvalue weighted by Crippen LogP contribution is 2.26. The molecule has 0 aromatic heterocycles. The van der Waals surface area contributed by atoms with E-state index in [-0.39, 0.29) is 29.2 Å². The first-order valence-corrected chi connectivity index (χ1v) is 9.75. The van der Waals surface area contributed by atoms with Crippen molar-refractivity contribution in [2.24, 2.45) is 0 Å². The van der Waals surface area contributed by atoms with E-state index in [0.29, 0.717) is 12.2 Å². The fourth-order valence-corrected chi connectivity index (χ4v) is 3.21. The highest BCUT2D eigenvalue weighted by molar-refractivity contribution is 5.93. The summed E-state index contributed by atoms with van der Waals surface area (Å²) in [6.07, 6.45) is 0. The molecule has 1 amide bonds. The number of nitro groups is 1. The van der Waals surface area contributed by atoms with Crippen LogP contribution in [0.15, 0.2) is 48.5 Å². The number of benzene rings is 2. The van der Waals surface area contributed by atoms with Crippen LogP contribution in [0.1, 0.15) is 43.6 Å². The molecule has 0 aliphatic carbocycles. The minimum Gasteiger partial charge on any atom is -0.452 e. The van der Waals surface area contributed by atoms with E-state index >= 15 is 0 Å². The van der Waals surface area contributed by atoms with Gasteiger partial charge in [-0.25, -0.2) is 4.79 Å². The van der Waals surface area contributed by atoms with Gasteiger partial charge < -0.3 is 15.0 Å². The van der Waals surface area contributed by atoms with Crippen LogP contribution in [-0.4, -0.2) is 40.4 Å². The van der Waals surface area contributed by atoms with E-state index in [1.165, 1.54) is 12.1 Å². The van der Waals surface area contributed by atoms with E-state index in [1.54, 1.807) is 4.90 Å². The lowest BCUT2D eigenvalue weighted by Gasteiger charge is -2.30. The molecule has 8 heteroatoms. The number of nitrogens with zero attached hydrogens (tertiary/aromatic N) is 2. The number of nitro benzene ring substituents is 1. The summed E-state index contributed by atoms with van der Waals surface area (Å²) in [5, 5.41) is 14.5. The van der Waals surface area contributed by atoms with Gasteiger partial charge in [-0.1, -0.05) is 30.3 Å². The second kappa shape index (κ2) is 10.4. The van der Waals surface area contributed by atoms with Gasteiger partial charge in [-0.2, -0.15) is 0 Å². The highest BCUT2D eigenvalue weighted by atomic mass is 16.6. The van der Waals surface area contributed by atoms with Crippen molar-refractivity contribution in [3.63, 3.8) is 0 Å². The van der Waals surface area contributed by atoms with Crippen molar-refractivity contribution in [1.82, 2.24) is 4.90 Å². The number of carbonyl (C=O) groups excluding carboxylic acids is 2. The molecule has 0 saturated heterocycles. The average molecular weight is 413 g/mol. The third-order valence-corrected chi connectivity index (χ3v) is 4.48. The average Bonchev–Trinajstić information content (AvgIpc) is 2.70. The maximum Gasteiger partial charge on any atom is 0.338 e. The predicted molar refractivity (Wildman–Crippen MR) is 114 cm³/mol. The minimum absolute atomic E-state index is 0.0143. The maximum atomic E-state index is 12.3. The van der Waals surface area contributed by atoms with Crippen molar-refractivity contribution in [3.05, 3.63) is 69.8 Å².